The second-order valence-electron chi connectivity index (χ2n) is 7.70. The Hall–Kier alpha value is -3.90. The number of carbonyl (C=O) groups excluding carboxylic acids is 2. The number of hydrogen-bond donors (Lipinski definition) is 2. The fourth-order valence-electron chi connectivity index (χ4n) is 3.37. The number of amides is 2. The molecule has 2 N–H and O–H groups in total. The maximum atomic E-state index is 13.2. The molecule has 0 bridgehead atoms. The van der Waals surface area contributed by atoms with E-state index in [-0.39, 0.29) is 11.8 Å². The fraction of sp³-hybridized carbons (Fsp3) is 0.0714. The lowest BCUT2D eigenvalue weighted by Crippen LogP contribution is -2.19. The minimum Gasteiger partial charge on any atom is -0.325 e. The number of halogens is 1. The largest absolute Gasteiger partial charge is 0.325 e. The number of rotatable bonds is 7. The number of anilines is 2. The Labute approximate surface area is 202 Å². The predicted octanol–water partition coefficient (Wildman–Crippen LogP) is 6.86. The topological polar surface area (TPSA) is 58.2 Å². The molecule has 1 atom stereocenters. The van der Waals surface area contributed by atoms with Crippen molar-refractivity contribution in [2.24, 2.45) is 0 Å². The second kappa shape index (κ2) is 10.8. The van der Waals surface area contributed by atoms with Crippen molar-refractivity contribution in [1.29, 1.82) is 0 Å². The summed E-state index contributed by atoms with van der Waals surface area (Å²) in [5.74, 6) is -0.822. The minimum absolute atomic E-state index is 0.112. The summed E-state index contributed by atoms with van der Waals surface area (Å²) >= 11 is 1.43. The monoisotopic (exact) mass is 470 g/mol. The van der Waals surface area contributed by atoms with E-state index in [2.05, 4.69) is 10.6 Å². The molecule has 6 heteroatoms. The summed E-state index contributed by atoms with van der Waals surface area (Å²) in [7, 11) is 0. The third-order valence-electron chi connectivity index (χ3n) is 5.22. The maximum absolute atomic E-state index is 13.2. The molecule has 34 heavy (non-hydrogen) atoms. The van der Waals surface area contributed by atoms with Crippen LogP contribution in [0.1, 0.15) is 26.7 Å². The van der Waals surface area contributed by atoms with Crippen molar-refractivity contribution in [1.82, 2.24) is 0 Å². The van der Waals surface area contributed by atoms with Gasteiger partial charge in [-0.1, -0.05) is 48.5 Å². The van der Waals surface area contributed by atoms with Gasteiger partial charge in [0.15, 0.2) is 0 Å². The Bertz CT molecular complexity index is 1280. The van der Waals surface area contributed by atoms with Crippen LogP contribution in [0.2, 0.25) is 0 Å². The molecule has 0 aliphatic rings. The van der Waals surface area contributed by atoms with E-state index in [1.165, 1.54) is 36.0 Å². The first-order valence-corrected chi connectivity index (χ1v) is 11.6. The summed E-state index contributed by atoms with van der Waals surface area (Å²) in [6.45, 7) is 1.96. The minimum atomic E-state index is -0.458. The van der Waals surface area contributed by atoms with Crippen LogP contribution in [0.5, 0.6) is 0 Å². The van der Waals surface area contributed by atoms with Crippen molar-refractivity contribution in [2.75, 3.05) is 10.6 Å². The van der Waals surface area contributed by atoms with Crippen LogP contribution < -0.4 is 10.6 Å². The molecule has 0 aliphatic carbocycles. The Morgan fingerprint density at radius 1 is 0.765 bits per heavy atom. The van der Waals surface area contributed by atoms with Gasteiger partial charge in [0, 0.05) is 21.8 Å². The SMILES string of the molecule is Cc1ccccc1NC(=O)C(Sc1ccc(NC(=O)c2ccc(F)cc2)cc1)c1ccccc1. The first-order chi connectivity index (χ1) is 16.5. The highest BCUT2D eigenvalue weighted by Crippen LogP contribution is 2.37. The summed E-state index contributed by atoms with van der Waals surface area (Å²) in [4.78, 5) is 26.5. The van der Waals surface area contributed by atoms with Gasteiger partial charge in [-0.3, -0.25) is 9.59 Å². The van der Waals surface area contributed by atoms with Gasteiger partial charge in [-0.25, -0.2) is 4.39 Å². The molecule has 0 saturated heterocycles. The maximum Gasteiger partial charge on any atom is 0.255 e. The van der Waals surface area contributed by atoms with Crippen molar-refractivity contribution < 1.29 is 14.0 Å². The molecular weight excluding hydrogens is 447 g/mol. The summed E-state index contributed by atoms with van der Waals surface area (Å²) < 4.78 is 13.1. The Morgan fingerprint density at radius 3 is 2.09 bits per heavy atom. The Morgan fingerprint density at radius 2 is 1.41 bits per heavy atom. The quantitative estimate of drug-likeness (QED) is 0.290. The number of benzene rings is 4. The number of hydrogen-bond acceptors (Lipinski definition) is 3. The first-order valence-electron chi connectivity index (χ1n) is 10.7. The third kappa shape index (κ3) is 5.91. The first kappa shape index (κ1) is 23.3. The van der Waals surface area contributed by atoms with Gasteiger partial charge in [0.05, 0.1) is 0 Å². The standard InChI is InChI=1S/C28H23FN2O2S/c1-19-7-5-6-10-25(19)31-28(33)26(20-8-3-2-4-9-20)34-24-17-15-23(16-18-24)30-27(32)21-11-13-22(29)14-12-21/h2-18,26H,1H3,(H,30,32)(H,31,33). The lowest BCUT2D eigenvalue weighted by Gasteiger charge is -2.18. The molecule has 0 saturated carbocycles. The van der Waals surface area contributed by atoms with Crippen molar-refractivity contribution >= 4 is 35.0 Å². The molecule has 0 spiro atoms. The van der Waals surface area contributed by atoms with Crippen molar-refractivity contribution in [3.8, 4) is 0 Å². The summed E-state index contributed by atoms with van der Waals surface area (Å²) in [5.41, 5.74) is 3.66. The van der Waals surface area contributed by atoms with Gasteiger partial charge in [-0.15, -0.1) is 11.8 Å². The van der Waals surface area contributed by atoms with E-state index in [1.807, 2.05) is 73.7 Å². The zero-order valence-electron chi connectivity index (χ0n) is 18.5. The van der Waals surface area contributed by atoms with Gasteiger partial charge in [0.1, 0.15) is 11.1 Å². The fourth-order valence-corrected chi connectivity index (χ4v) is 4.39. The zero-order valence-corrected chi connectivity index (χ0v) is 19.3. The van der Waals surface area contributed by atoms with Crippen LogP contribution in [-0.2, 0) is 4.79 Å². The molecule has 0 heterocycles. The molecule has 4 aromatic rings. The Kier molecular flexibility index (Phi) is 7.40. The van der Waals surface area contributed by atoms with Crippen LogP contribution in [-0.4, -0.2) is 11.8 Å². The van der Waals surface area contributed by atoms with Gasteiger partial charge < -0.3 is 10.6 Å². The van der Waals surface area contributed by atoms with Crippen molar-refractivity contribution in [3.63, 3.8) is 0 Å². The normalized spacial score (nSPS) is 11.5. The average molecular weight is 471 g/mol. The van der Waals surface area contributed by atoms with E-state index >= 15 is 0 Å². The molecule has 0 radical (unpaired) electrons. The van der Waals surface area contributed by atoms with E-state index < -0.39 is 11.1 Å². The van der Waals surface area contributed by atoms with E-state index in [0.29, 0.717) is 11.3 Å². The summed E-state index contributed by atoms with van der Waals surface area (Å²) in [6.07, 6.45) is 0. The lowest BCUT2D eigenvalue weighted by atomic mass is 10.1. The molecule has 4 aromatic carbocycles. The number of nitrogens with one attached hydrogen (secondary N) is 2. The van der Waals surface area contributed by atoms with Gasteiger partial charge in [0.25, 0.3) is 5.91 Å². The van der Waals surface area contributed by atoms with Crippen molar-refractivity contribution in [3.05, 3.63) is 126 Å². The van der Waals surface area contributed by atoms with Crippen LogP contribution in [0, 0.1) is 12.7 Å². The molecule has 4 nitrogen and oxygen atoms in total. The third-order valence-corrected chi connectivity index (χ3v) is 6.48. The predicted molar refractivity (Wildman–Crippen MR) is 136 cm³/mol. The highest BCUT2D eigenvalue weighted by molar-refractivity contribution is 8.00. The number of para-hydroxylation sites is 1. The summed E-state index contributed by atoms with van der Waals surface area (Å²) in [5, 5.41) is 5.39. The van der Waals surface area contributed by atoms with Crippen LogP contribution in [0.4, 0.5) is 15.8 Å². The molecule has 4 rings (SSSR count). The van der Waals surface area contributed by atoms with E-state index in [9.17, 15) is 14.0 Å². The molecule has 1 unspecified atom stereocenters. The van der Waals surface area contributed by atoms with E-state index in [0.717, 1.165) is 21.7 Å². The van der Waals surface area contributed by atoms with Crippen LogP contribution in [0.3, 0.4) is 0 Å². The van der Waals surface area contributed by atoms with E-state index in [1.54, 1.807) is 12.1 Å². The highest BCUT2D eigenvalue weighted by atomic mass is 32.2. The molecular formula is C28H23FN2O2S. The van der Waals surface area contributed by atoms with Crippen LogP contribution >= 0.6 is 11.8 Å². The Balaban J connectivity index is 1.49. The summed E-state index contributed by atoms with van der Waals surface area (Å²) in [6, 6.07) is 30.0. The molecule has 0 aliphatic heterocycles. The van der Waals surface area contributed by atoms with Gasteiger partial charge >= 0.3 is 0 Å². The zero-order chi connectivity index (χ0) is 23.9. The smallest absolute Gasteiger partial charge is 0.255 e. The number of thioether (sulfide) groups is 1. The second-order valence-corrected chi connectivity index (χ2v) is 8.88. The molecule has 170 valence electrons. The van der Waals surface area contributed by atoms with Gasteiger partial charge in [-0.2, -0.15) is 0 Å². The van der Waals surface area contributed by atoms with Crippen molar-refractivity contribution in [2.45, 2.75) is 17.1 Å². The van der Waals surface area contributed by atoms with E-state index in [4.69, 9.17) is 0 Å². The molecule has 0 fully saturated rings. The molecule has 2 amide bonds. The number of aryl methyl sites for hydroxylation is 1. The number of carbonyl (C=O) groups is 2. The van der Waals surface area contributed by atoms with Gasteiger partial charge in [-0.05, 0) is 72.6 Å². The lowest BCUT2D eigenvalue weighted by molar-refractivity contribution is -0.115. The highest BCUT2D eigenvalue weighted by Gasteiger charge is 2.22. The van der Waals surface area contributed by atoms with Gasteiger partial charge in [0.2, 0.25) is 5.91 Å². The van der Waals surface area contributed by atoms with Crippen LogP contribution in [0.15, 0.2) is 108 Å². The molecule has 0 aromatic heterocycles. The average Bonchev–Trinajstić information content (AvgIpc) is 2.86. The van der Waals surface area contributed by atoms with Crippen LogP contribution in [0.25, 0.3) is 0 Å².